The van der Waals surface area contributed by atoms with Crippen LogP contribution >= 0.6 is 11.6 Å². The van der Waals surface area contributed by atoms with Crippen LogP contribution in [0, 0.1) is 5.82 Å². The van der Waals surface area contributed by atoms with Crippen molar-refractivity contribution in [1.29, 1.82) is 0 Å². The Morgan fingerprint density at radius 1 is 1.12 bits per heavy atom. The van der Waals surface area contributed by atoms with Gasteiger partial charge in [-0.2, -0.15) is 0 Å². The molecule has 4 nitrogen and oxygen atoms in total. The smallest absolute Gasteiger partial charge is 0.227 e. The maximum atomic E-state index is 13.1. The Morgan fingerprint density at radius 3 is 2.62 bits per heavy atom. The van der Waals surface area contributed by atoms with Gasteiger partial charge >= 0.3 is 0 Å². The van der Waals surface area contributed by atoms with Crippen LogP contribution in [-0.4, -0.2) is 44.1 Å². The molecule has 1 amide bonds. The predicted octanol–water partition coefficient (Wildman–Crippen LogP) is 3.77. The molecule has 138 valence electrons. The second kappa shape index (κ2) is 8.41. The molecule has 26 heavy (non-hydrogen) atoms. The number of methoxy groups -OCH3 is 1. The first-order valence-corrected chi connectivity index (χ1v) is 9.05. The number of benzene rings is 2. The van der Waals surface area contributed by atoms with Gasteiger partial charge in [-0.05, 0) is 48.9 Å². The number of rotatable bonds is 4. The normalized spacial score (nSPS) is 14.9. The second-order valence-corrected chi connectivity index (χ2v) is 6.77. The van der Waals surface area contributed by atoms with Gasteiger partial charge in [-0.15, -0.1) is 0 Å². The van der Waals surface area contributed by atoms with Crippen LogP contribution in [0.1, 0.15) is 12.0 Å². The molecule has 0 saturated carbocycles. The monoisotopic (exact) mass is 376 g/mol. The van der Waals surface area contributed by atoms with Crippen molar-refractivity contribution in [2.75, 3.05) is 38.2 Å². The molecule has 0 N–H and O–H groups in total. The third-order valence-corrected chi connectivity index (χ3v) is 4.86. The van der Waals surface area contributed by atoms with Crippen LogP contribution in [-0.2, 0) is 11.2 Å². The molecular weight excluding hydrogens is 355 g/mol. The second-order valence-electron chi connectivity index (χ2n) is 6.33. The molecule has 0 bridgehead atoms. The van der Waals surface area contributed by atoms with Crippen LogP contribution in [0.4, 0.5) is 10.1 Å². The topological polar surface area (TPSA) is 32.8 Å². The van der Waals surface area contributed by atoms with Crippen molar-refractivity contribution in [1.82, 2.24) is 4.90 Å². The number of carbonyl (C=O) groups is 1. The minimum absolute atomic E-state index is 0.0616. The van der Waals surface area contributed by atoms with Crippen molar-refractivity contribution in [3.8, 4) is 5.75 Å². The average molecular weight is 377 g/mol. The zero-order chi connectivity index (χ0) is 18.5. The largest absolute Gasteiger partial charge is 0.496 e. The fourth-order valence-electron chi connectivity index (χ4n) is 3.24. The fourth-order valence-corrected chi connectivity index (χ4v) is 3.43. The van der Waals surface area contributed by atoms with Gasteiger partial charge in [-0.1, -0.05) is 11.6 Å². The first-order chi connectivity index (χ1) is 12.6. The summed E-state index contributed by atoms with van der Waals surface area (Å²) in [6, 6.07) is 11.8. The van der Waals surface area contributed by atoms with E-state index in [1.807, 2.05) is 4.90 Å². The van der Waals surface area contributed by atoms with Crippen molar-refractivity contribution in [2.24, 2.45) is 0 Å². The van der Waals surface area contributed by atoms with E-state index in [0.29, 0.717) is 23.9 Å². The molecule has 1 heterocycles. The molecule has 0 spiro atoms. The molecule has 1 saturated heterocycles. The van der Waals surface area contributed by atoms with E-state index >= 15 is 0 Å². The lowest BCUT2D eigenvalue weighted by Crippen LogP contribution is -2.36. The molecule has 2 aromatic rings. The standard InChI is InChI=1S/C20H22ClFN2O2/c1-26-19-8-3-16(21)13-15(19)14-20(25)24-10-2-9-23(11-12-24)18-6-4-17(22)5-7-18/h3-8,13H,2,9-12,14H2,1H3. The Bertz CT molecular complexity index is 767. The maximum Gasteiger partial charge on any atom is 0.227 e. The lowest BCUT2D eigenvalue weighted by atomic mass is 10.1. The molecule has 0 radical (unpaired) electrons. The Balaban J connectivity index is 1.64. The van der Waals surface area contributed by atoms with E-state index in [1.54, 1.807) is 37.4 Å². The molecule has 3 rings (SSSR count). The summed E-state index contributed by atoms with van der Waals surface area (Å²) in [4.78, 5) is 16.8. The lowest BCUT2D eigenvalue weighted by molar-refractivity contribution is -0.130. The summed E-state index contributed by atoms with van der Waals surface area (Å²) < 4.78 is 18.4. The summed E-state index contributed by atoms with van der Waals surface area (Å²) in [7, 11) is 1.59. The molecule has 0 aliphatic carbocycles. The highest BCUT2D eigenvalue weighted by Crippen LogP contribution is 2.24. The maximum absolute atomic E-state index is 13.1. The van der Waals surface area contributed by atoms with Gasteiger partial charge in [0, 0.05) is 42.5 Å². The molecule has 0 atom stereocenters. The van der Waals surface area contributed by atoms with Crippen molar-refractivity contribution in [3.63, 3.8) is 0 Å². The van der Waals surface area contributed by atoms with E-state index in [-0.39, 0.29) is 18.1 Å². The number of amides is 1. The molecule has 1 fully saturated rings. The highest BCUT2D eigenvalue weighted by atomic mass is 35.5. The summed E-state index contributed by atoms with van der Waals surface area (Å²) in [6.45, 7) is 2.92. The SMILES string of the molecule is COc1ccc(Cl)cc1CC(=O)N1CCCN(c2ccc(F)cc2)CC1. The van der Waals surface area contributed by atoms with Crippen LogP contribution in [0.25, 0.3) is 0 Å². The third kappa shape index (κ3) is 4.47. The molecule has 0 unspecified atom stereocenters. The van der Waals surface area contributed by atoms with Crippen molar-refractivity contribution >= 4 is 23.2 Å². The summed E-state index contributed by atoms with van der Waals surface area (Å²) >= 11 is 6.05. The first kappa shape index (κ1) is 18.5. The lowest BCUT2D eigenvalue weighted by Gasteiger charge is -2.24. The number of hydrogen-bond acceptors (Lipinski definition) is 3. The number of ether oxygens (including phenoxy) is 1. The quantitative estimate of drug-likeness (QED) is 0.814. The number of anilines is 1. The third-order valence-electron chi connectivity index (χ3n) is 4.62. The Morgan fingerprint density at radius 2 is 1.88 bits per heavy atom. The van der Waals surface area contributed by atoms with Gasteiger partial charge < -0.3 is 14.5 Å². The number of carbonyl (C=O) groups excluding carboxylic acids is 1. The first-order valence-electron chi connectivity index (χ1n) is 8.67. The van der Waals surface area contributed by atoms with Gasteiger partial charge in [-0.3, -0.25) is 4.79 Å². The zero-order valence-corrected chi connectivity index (χ0v) is 15.5. The molecule has 1 aliphatic heterocycles. The van der Waals surface area contributed by atoms with Crippen molar-refractivity contribution < 1.29 is 13.9 Å². The van der Waals surface area contributed by atoms with Crippen molar-refractivity contribution in [3.05, 3.63) is 58.9 Å². The summed E-state index contributed by atoms with van der Waals surface area (Å²) in [5.41, 5.74) is 1.78. The van der Waals surface area contributed by atoms with Gasteiger partial charge in [-0.25, -0.2) is 4.39 Å². The summed E-state index contributed by atoms with van der Waals surface area (Å²) in [5, 5.41) is 0.590. The predicted molar refractivity (Wildman–Crippen MR) is 102 cm³/mol. The van der Waals surface area contributed by atoms with E-state index in [1.165, 1.54) is 12.1 Å². The van der Waals surface area contributed by atoms with E-state index < -0.39 is 0 Å². The van der Waals surface area contributed by atoms with Crippen LogP contribution < -0.4 is 9.64 Å². The highest BCUT2D eigenvalue weighted by Gasteiger charge is 2.20. The van der Waals surface area contributed by atoms with Gasteiger partial charge in [0.1, 0.15) is 11.6 Å². The Hall–Kier alpha value is -2.27. The molecule has 6 heteroatoms. The number of nitrogens with zero attached hydrogens (tertiary/aromatic N) is 2. The number of halogens is 2. The number of hydrogen-bond donors (Lipinski definition) is 0. The zero-order valence-electron chi connectivity index (χ0n) is 14.8. The van der Waals surface area contributed by atoms with Crippen LogP contribution in [0.2, 0.25) is 5.02 Å². The van der Waals surface area contributed by atoms with Gasteiger partial charge in [0.15, 0.2) is 0 Å². The minimum Gasteiger partial charge on any atom is -0.496 e. The summed E-state index contributed by atoms with van der Waals surface area (Å²) in [5.74, 6) is 0.493. The van der Waals surface area contributed by atoms with E-state index in [9.17, 15) is 9.18 Å². The van der Waals surface area contributed by atoms with Crippen LogP contribution in [0.15, 0.2) is 42.5 Å². The average Bonchev–Trinajstić information content (AvgIpc) is 2.89. The Labute approximate surface area is 158 Å². The molecule has 1 aliphatic rings. The van der Waals surface area contributed by atoms with E-state index in [4.69, 9.17) is 16.3 Å². The van der Waals surface area contributed by atoms with Gasteiger partial charge in [0.2, 0.25) is 5.91 Å². The van der Waals surface area contributed by atoms with Gasteiger partial charge in [0.25, 0.3) is 0 Å². The fraction of sp³-hybridized carbons (Fsp3) is 0.350. The molecular formula is C20H22ClFN2O2. The van der Waals surface area contributed by atoms with E-state index in [2.05, 4.69) is 4.90 Å². The molecule has 2 aromatic carbocycles. The summed E-state index contributed by atoms with van der Waals surface area (Å²) in [6.07, 6.45) is 1.13. The van der Waals surface area contributed by atoms with Crippen LogP contribution in [0.3, 0.4) is 0 Å². The van der Waals surface area contributed by atoms with Crippen LogP contribution in [0.5, 0.6) is 5.75 Å². The van der Waals surface area contributed by atoms with Crippen molar-refractivity contribution in [2.45, 2.75) is 12.8 Å². The van der Waals surface area contributed by atoms with E-state index in [0.717, 1.165) is 30.8 Å². The Kier molecular flexibility index (Phi) is 5.99. The minimum atomic E-state index is -0.240. The van der Waals surface area contributed by atoms with Gasteiger partial charge in [0.05, 0.1) is 13.5 Å². The molecule has 0 aromatic heterocycles. The highest BCUT2D eigenvalue weighted by molar-refractivity contribution is 6.30.